The number of nitrogens with one attached hydrogen (secondary N) is 1. The second-order valence-corrected chi connectivity index (χ2v) is 6.55. The lowest BCUT2D eigenvalue weighted by Gasteiger charge is -2.32. The molecule has 25 heavy (non-hydrogen) atoms. The summed E-state index contributed by atoms with van der Waals surface area (Å²) in [4.78, 5) is 25.2. The highest BCUT2D eigenvalue weighted by atomic mass is 16.5. The van der Waals surface area contributed by atoms with E-state index < -0.39 is 5.60 Å². The third-order valence-electron chi connectivity index (χ3n) is 4.57. The molecule has 0 saturated carbocycles. The van der Waals surface area contributed by atoms with Crippen LogP contribution >= 0.6 is 0 Å². The molecule has 134 valence electrons. The van der Waals surface area contributed by atoms with Crippen molar-refractivity contribution in [2.75, 3.05) is 6.61 Å². The molecule has 1 aliphatic rings. The lowest BCUT2D eigenvalue weighted by atomic mass is 9.95. The summed E-state index contributed by atoms with van der Waals surface area (Å²) in [6, 6.07) is 0. The van der Waals surface area contributed by atoms with E-state index in [0.717, 1.165) is 43.7 Å². The molecule has 1 amide bonds. The number of nitrogens with zero attached hydrogens (tertiary/aromatic N) is 4. The second-order valence-electron chi connectivity index (χ2n) is 6.55. The number of aryl methyl sites for hydroxylation is 1. The lowest BCUT2D eigenvalue weighted by molar-refractivity contribution is -0.121. The number of aromatic nitrogens is 4. The van der Waals surface area contributed by atoms with Crippen LogP contribution in [-0.2, 0) is 34.6 Å². The molecule has 7 heteroatoms. The first-order valence-corrected chi connectivity index (χ1v) is 8.83. The van der Waals surface area contributed by atoms with E-state index >= 15 is 0 Å². The Bertz CT molecular complexity index is 705. The molecule has 3 heterocycles. The van der Waals surface area contributed by atoms with Gasteiger partial charge < -0.3 is 14.6 Å². The van der Waals surface area contributed by atoms with E-state index in [4.69, 9.17) is 4.74 Å². The molecular weight excluding hydrogens is 318 g/mol. The first-order chi connectivity index (χ1) is 12.1. The number of carbonyl (C=O) groups excluding carboxylic acids is 1. The minimum absolute atomic E-state index is 0.0562. The Labute approximate surface area is 147 Å². The monoisotopic (exact) mass is 343 g/mol. The molecule has 0 spiro atoms. The van der Waals surface area contributed by atoms with Gasteiger partial charge in [-0.15, -0.1) is 0 Å². The van der Waals surface area contributed by atoms with Crippen LogP contribution in [0.3, 0.4) is 0 Å². The Balaban J connectivity index is 1.54. The van der Waals surface area contributed by atoms with Crippen molar-refractivity contribution in [1.82, 2.24) is 24.8 Å². The van der Waals surface area contributed by atoms with Gasteiger partial charge in [0.2, 0.25) is 5.91 Å². The molecule has 7 nitrogen and oxygen atoms in total. The molecule has 1 N–H and O–H groups in total. The highest BCUT2D eigenvalue weighted by molar-refractivity contribution is 5.75. The second kappa shape index (κ2) is 7.74. The predicted molar refractivity (Wildman–Crippen MR) is 92.6 cm³/mol. The van der Waals surface area contributed by atoms with Gasteiger partial charge >= 0.3 is 0 Å². The molecule has 1 saturated heterocycles. The number of ether oxygens (including phenoxy) is 1. The van der Waals surface area contributed by atoms with Gasteiger partial charge in [0.05, 0.1) is 0 Å². The Morgan fingerprint density at radius 2 is 2.12 bits per heavy atom. The van der Waals surface area contributed by atoms with Gasteiger partial charge in [-0.2, -0.15) is 0 Å². The van der Waals surface area contributed by atoms with Gasteiger partial charge in [-0.25, -0.2) is 15.0 Å². The maximum absolute atomic E-state index is 12.1. The fraction of sp³-hybridized carbons (Fsp3) is 0.556. The molecule has 0 aromatic carbocycles. The van der Waals surface area contributed by atoms with Gasteiger partial charge in [0.25, 0.3) is 0 Å². The largest absolute Gasteiger partial charge is 0.367 e. The van der Waals surface area contributed by atoms with E-state index in [1.54, 1.807) is 18.6 Å². The maximum Gasteiger partial charge on any atom is 0.240 e. The van der Waals surface area contributed by atoms with Gasteiger partial charge in [0, 0.05) is 49.9 Å². The smallest absolute Gasteiger partial charge is 0.240 e. The fourth-order valence-electron chi connectivity index (χ4n) is 3.04. The SMILES string of the molecule is CCc1nccn1CC(=O)NCc1cnc(C2(C)CCCCO2)nc1. The van der Waals surface area contributed by atoms with Crippen molar-refractivity contribution in [3.05, 3.63) is 42.0 Å². The number of amides is 1. The first-order valence-electron chi connectivity index (χ1n) is 8.83. The summed E-state index contributed by atoms with van der Waals surface area (Å²) in [7, 11) is 0. The molecule has 1 fully saturated rings. The van der Waals surface area contributed by atoms with Crippen molar-refractivity contribution >= 4 is 5.91 Å². The van der Waals surface area contributed by atoms with Crippen LogP contribution in [0.15, 0.2) is 24.8 Å². The minimum Gasteiger partial charge on any atom is -0.367 e. The van der Waals surface area contributed by atoms with Crippen LogP contribution < -0.4 is 5.32 Å². The Morgan fingerprint density at radius 3 is 2.80 bits per heavy atom. The molecular formula is C18H25N5O2. The molecule has 0 bridgehead atoms. The summed E-state index contributed by atoms with van der Waals surface area (Å²) < 4.78 is 7.72. The summed E-state index contributed by atoms with van der Waals surface area (Å²) in [5.41, 5.74) is 0.482. The van der Waals surface area contributed by atoms with Crippen LogP contribution in [-0.4, -0.2) is 32.0 Å². The average molecular weight is 343 g/mol. The molecule has 1 aliphatic heterocycles. The lowest BCUT2D eigenvalue weighted by Crippen LogP contribution is -2.32. The van der Waals surface area contributed by atoms with Gasteiger partial charge in [0.15, 0.2) is 5.82 Å². The fourth-order valence-corrected chi connectivity index (χ4v) is 3.04. The molecule has 1 unspecified atom stereocenters. The summed E-state index contributed by atoms with van der Waals surface area (Å²) in [5.74, 6) is 1.57. The van der Waals surface area contributed by atoms with Crippen molar-refractivity contribution in [1.29, 1.82) is 0 Å². The van der Waals surface area contributed by atoms with Crippen LogP contribution in [0.5, 0.6) is 0 Å². The molecule has 2 aromatic rings. The standard InChI is InChI=1S/C18H25N5O2/c1-3-15-19-7-8-23(15)13-16(24)20-10-14-11-21-17(22-12-14)18(2)6-4-5-9-25-18/h7-8,11-12H,3-6,9-10,13H2,1-2H3,(H,20,24). The quantitative estimate of drug-likeness (QED) is 0.867. The molecule has 0 aliphatic carbocycles. The van der Waals surface area contributed by atoms with E-state index in [1.807, 2.05) is 24.6 Å². The third kappa shape index (κ3) is 4.22. The Kier molecular flexibility index (Phi) is 5.43. The van der Waals surface area contributed by atoms with Crippen molar-refractivity contribution in [3.63, 3.8) is 0 Å². The normalized spacial score (nSPS) is 20.4. The third-order valence-corrected chi connectivity index (χ3v) is 4.57. The van der Waals surface area contributed by atoms with Gasteiger partial charge in [0.1, 0.15) is 18.0 Å². The zero-order valence-corrected chi connectivity index (χ0v) is 14.9. The van der Waals surface area contributed by atoms with Crippen molar-refractivity contribution in [2.24, 2.45) is 0 Å². The van der Waals surface area contributed by atoms with Crippen LogP contribution in [0.25, 0.3) is 0 Å². The van der Waals surface area contributed by atoms with Gasteiger partial charge in [-0.1, -0.05) is 6.92 Å². The summed E-state index contributed by atoms with van der Waals surface area (Å²) >= 11 is 0. The van der Waals surface area contributed by atoms with E-state index in [9.17, 15) is 4.79 Å². The predicted octanol–water partition coefficient (Wildman–Crippen LogP) is 1.97. The zero-order valence-electron chi connectivity index (χ0n) is 14.9. The Morgan fingerprint density at radius 1 is 1.32 bits per heavy atom. The van der Waals surface area contributed by atoms with Crippen LogP contribution in [0, 0.1) is 0 Å². The number of carbonyl (C=O) groups is 1. The topological polar surface area (TPSA) is 81.9 Å². The van der Waals surface area contributed by atoms with Crippen molar-refractivity contribution in [2.45, 2.75) is 58.2 Å². The Hall–Kier alpha value is -2.28. The van der Waals surface area contributed by atoms with Crippen LogP contribution in [0.2, 0.25) is 0 Å². The average Bonchev–Trinajstić information content (AvgIpc) is 3.08. The number of rotatable bonds is 6. The number of imidazole rings is 1. The minimum atomic E-state index is -0.391. The molecule has 2 aromatic heterocycles. The molecule has 1 atom stereocenters. The van der Waals surface area contributed by atoms with E-state index in [-0.39, 0.29) is 12.5 Å². The molecule has 0 radical (unpaired) electrons. The van der Waals surface area contributed by atoms with E-state index in [2.05, 4.69) is 20.3 Å². The highest BCUT2D eigenvalue weighted by Crippen LogP contribution is 2.32. The van der Waals surface area contributed by atoms with E-state index in [0.29, 0.717) is 12.4 Å². The summed E-state index contributed by atoms with van der Waals surface area (Å²) in [6.45, 7) is 5.50. The summed E-state index contributed by atoms with van der Waals surface area (Å²) in [5, 5.41) is 2.90. The van der Waals surface area contributed by atoms with Crippen molar-refractivity contribution in [3.8, 4) is 0 Å². The van der Waals surface area contributed by atoms with Crippen molar-refractivity contribution < 1.29 is 9.53 Å². The first kappa shape index (κ1) is 17.5. The number of hydrogen-bond acceptors (Lipinski definition) is 5. The van der Waals surface area contributed by atoms with Gasteiger partial charge in [-0.05, 0) is 26.2 Å². The van der Waals surface area contributed by atoms with Crippen LogP contribution in [0.1, 0.15) is 50.3 Å². The highest BCUT2D eigenvalue weighted by Gasteiger charge is 2.32. The van der Waals surface area contributed by atoms with E-state index in [1.165, 1.54) is 0 Å². The number of hydrogen-bond donors (Lipinski definition) is 1. The molecule has 3 rings (SSSR count). The van der Waals surface area contributed by atoms with Crippen LogP contribution in [0.4, 0.5) is 0 Å². The summed E-state index contributed by atoms with van der Waals surface area (Å²) in [6.07, 6.45) is 11.0. The van der Waals surface area contributed by atoms with Gasteiger partial charge in [-0.3, -0.25) is 4.79 Å². The maximum atomic E-state index is 12.1. The zero-order chi connectivity index (χ0) is 17.7.